The van der Waals surface area contributed by atoms with Gasteiger partial charge in [0.1, 0.15) is 5.00 Å². The minimum Gasteiger partial charge on any atom is -0.365 e. The van der Waals surface area contributed by atoms with Gasteiger partial charge in [-0.25, -0.2) is 0 Å². The number of nitrogens with two attached hydrogens (primary N) is 1. The summed E-state index contributed by atoms with van der Waals surface area (Å²) in [5, 5.41) is 4.58. The second-order valence-electron chi connectivity index (χ2n) is 6.72. The molecule has 0 aliphatic heterocycles. The number of nitrogens with one attached hydrogen (secondary N) is 2. The maximum Gasteiger partial charge on any atom is 0.251 e. The molecule has 1 aromatic carbocycles. The lowest BCUT2D eigenvalue weighted by atomic mass is 10.1. The molecule has 4 N–H and O–H groups in total. The number of fused-ring (bicyclic) bond motifs is 2. The predicted octanol–water partition coefficient (Wildman–Crippen LogP) is 3.78. The molecule has 5 nitrogen and oxygen atoms in total. The zero-order valence-corrected chi connectivity index (χ0v) is 15.2. The molecule has 134 valence electrons. The molecular formula is C20H21N3O2S. The van der Waals surface area contributed by atoms with Crippen LogP contribution in [0.2, 0.25) is 0 Å². The van der Waals surface area contributed by atoms with Crippen molar-refractivity contribution in [2.45, 2.75) is 38.5 Å². The number of amides is 2. The first-order valence-electron chi connectivity index (χ1n) is 8.92. The minimum absolute atomic E-state index is 0.131. The Kier molecular flexibility index (Phi) is 4.51. The van der Waals surface area contributed by atoms with Gasteiger partial charge >= 0.3 is 0 Å². The highest BCUT2D eigenvalue weighted by Gasteiger charge is 2.24. The fraction of sp³-hybridized carbons (Fsp3) is 0.300. The topological polar surface area (TPSA) is 88.0 Å². The molecule has 3 aromatic rings. The summed E-state index contributed by atoms with van der Waals surface area (Å²) in [6, 6.07) is 7.90. The fourth-order valence-corrected chi connectivity index (χ4v) is 5.02. The van der Waals surface area contributed by atoms with Gasteiger partial charge in [0.15, 0.2) is 0 Å². The van der Waals surface area contributed by atoms with Gasteiger partial charge in [0, 0.05) is 22.0 Å². The first-order valence-corrected chi connectivity index (χ1v) is 9.74. The van der Waals surface area contributed by atoms with Crippen LogP contribution in [-0.4, -0.2) is 16.8 Å². The zero-order valence-electron chi connectivity index (χ0n) is 14.4. The number of benzene rings is 1. The molecule has 26 heavy (non-hydrogen) atoms. The summed E-state index contributed by atoms with van der Waals surface area (Å²) in [6.45, 7) is 0. The van der Waals surface area contributed by atoms with Crippen molar-refractivity contribution < 1.29 is 9.59 Å². The fourth-order valence-electron chi connectivity index (χ4n) is 3.71. The number of thiophene rings is 1. The Morgan fingerprint density at radius 1 is 1.15 bits per heavy atom. The van der Waals surface area contributed by atoms with E-state index in [9.17, 15) is 9.59 Å². The van der Waals surface area contributed by atoms with Crippen LogP contribution in [0.25, 0.3) is 10.9 Å². The highest BCUT2D eigenvalue weighted by Crippen LogP contribution is 2.37. The quantitative estimate of drug-likeness (QED) is 0.613. The average molecular weight is 367 g/mol. The summed E-state index contributed by atoms with van der Waals surface area (Å²) < 4.78 is 0. The summed E-state index contributed by atoms with van der Waals surface area (Å²) in [7, 11) is 0. The number of aromatic amines is 1. The molecule has 6 heteroatoms. The molecule has 0 unspecified atom stereocenters. The molecule has 0 saturated heterocycles. The Morgan fingerprint density at radius 3 is 2.81 bits per heavy atom. The van der Waals surface area contributed by atoms with Gasteiger partial charge in [-0.1, -0.05) is 24.6 Å². The highest BCUT2D eigenvalue weighted by atomic mass is 32.1. The van der Waals surface area contributed by atoms with Crippen LogP contribution in [0.1, 0.15) is 45.6 Å². The van der Waals surface area contributed by atoms with Crippen molar-refractivity contribution in [3.63, 3.8) is 0 Å². The Balaban J connectivity index is 1.59. The lowest BCUT2D eigenvalue weighted by Gasteiger charge is -2.06. The van der Waals surface area contributed by atoms with Crippen LogP contribution in [-0.2, 0) is 24.1 Å². The molecule has 0 fully saturated rings. The molecule has 0 atom stereocenters. The highest BCUT2D eigenvalue weighted by molar-refractivity contribution is 7.17. The average Bonchev–Trinajstić information content (AvgIpc) is 3.09. The largest absolute Gasteiger partial charge is 0.365 e. The molecule has 2 aromatic heterocycles. The molecule has 2 amide bonds. The molecule has 0 spiro atoms. The van der Waals surface area contributed by atoms with E-state index in [4.69, 9.17) is 5.73 Å². The van der Waals surface area contributed by atoms with Crippen LogP contribution in [0.15, 0.2) is 30.5 Å². The molecule has 2 heterocycles. The Hall–Kier alpha value is -2.60. The third-order valence-corrected chi connectivity index (χ3v) is 6.15. The number of rotatable bonds is 4. The van der Waals surface area contributed by atoms with Crippen molar-refractivity contribution in [3.05, 3.63) is 52.0 Å². The summed E-state index contributed by atoms with van der Waals surface area (Å²) in [5.41, 5.74) is 9.14. The third-order valence-electron chi connectivity index (χ3n) is 4.95. The molecule has 0 radical (unpaired) electrons. The number of aryl methyl sites for hydroxylation is 1. The molecular weight excluding hydrogens is 346 g/mol. The number of primary amides is 1. The smallest absolute Gasteiger partial charge is 0.251 e. The summed E-state index contributed by atoms with van der Waals surface area (Å²) in [4.78, 5) is 29.0. The van der Waals surface area contributed by atoms with Crippen LogP contribution in [0, 0.1) is 0 Å². The maximum atomic E-state index is 12.6. The van der Waals surface area contributed by atoms with E-state index in [1.54, 1.807) is 0 Å². The van der Waals surface area contributed by atoms with Crippen molar-refractivity contribution in [1.29, 1.82) is 0 Å². The number of para-hydroxylation sites is 1. The van der Waals surface area contributed by atoms with Crippen LogP contribution >= 0.6 is 11.3 Å². The summed E-state index contributed by atoms with van der Waals surface area (Å²) in [6.07, 6.45) is 7.29. The predicted molar refractivity (Wildman–Crippen MR) is 105 cm³/mol. The summed E-state index contributed by atoms with van der Waals surface area (Å²) >= 11 is 1.51. The van der Waals surface area contributed by atoms with Crippen LogP contribution in [0.5, 0.6) is 0 Å². The maximum absolute atomic E-state index is 12.6. The number of anilines is 1. The minimum atomic E-state index is -0.452. The standard InChI is InChI=1S/C20H21N3O2S/c21-19(25)18-14-7-2-1-3-9-16(14)26-20(18)23-17(24)10-12-11-22-15-8-5-4-6-13(12)15/h4-6,8,11,22H,1-3,7,9-10H2,(H2,21,25)(H,23,24). The zero-order chi connectivity index (χ0) is 18.1. The van der Waals surface area contributed by atoms with Crippen molar-refractivity contribution in [2.24, 2.45) is 5.73 Å². The number of carbonyl (C=O) groups excluding carboxylic acids is 2. The second kappa shape index (κ2) is 6.96. The van der Waals surface area contributed by atoms with E-state index in [0.29, 0.717) is 10.6 Å². The molecule has 1 aliphatic carbocycles. The van der Waals surface area contributed by atoms with Gasteiger partial charge in [-0.15, -0.1) is 11.3 Å². The first-order chi connectivity index (χ1) is 12.6. The van der Waals surface area contributed by atoms with E-state index >= 15 is 0 Å². The van der Waals surface area contributed by atoms with Gasteiger partial charge in [-0.05, 0) is 42.9 Å². The number of carbonyl (C=O) groups is 2. The molecule has 1 aliphatic rings. The number of aromatic nitrogens is 1. The van der Waals surface area contributed by atoms with Crippen molar-refractivity contribution in [3.8, 4) is 0 Å². The Bertz CT molecular complexity index is 986. The third kappa shape index (κ3) is 3.12. The van der Waals surface area contributed by atoms with Crippen LogP contribution in [0.3, 0.4) is 0 Å². The summed E-state index contributed by atoms with van der Waals surface area (Å²) in [5.74, 6) is -0.583. The lowest BCUT2D eigenvalue weighted by molar-refractivity contribution is -0.115. The lowest BCUT2D eigenvalue weighted by Crippen LogP contribution is -2.19. The van der Waals surface area contributed by atoms with Gasteiger partial charge in [0.2, 0.25) is 5.91 Å². The monoisotopic (exact) mass is 367 g/mol. The van der Waals surface area contributed by atoms with Crippen molar-refractivity contribution in [1.82, 2.24) is 4.98 Å². The Labute approximate surface area is 155 Å². The van der Waals surface area contributed by atoms with Gasteiger partial charge < -0.3 is 16.0 Å². The van der Waals surface area contributed by atoms with Crippen LogP contribution in [0.4, 0.5) is 5.00 Å². The number of hydrogen-bond donors (Lipinski definition) is 3. The molecule has 4 rings (SSSR count). The van der Waals surface area contributed by atoms with E-state index in [0.717, 1.165) is 47.7 Å². The van der Waals surface area contributed by atoms with Gasteiger partial charge in [-0.2, -0.15) is 0 Å². The van der Waals surface area contributed by atoms with Crippen LogP contribution < -0.4 is 11.1 Å². The van der Waals surface area contributed by atoms with E-state index in [1.807, 2.05) is 30.5 Å². The second-order valence-corrected chi connectivity index (χ2v) is 7.82. The number of H-pyrrole nitrogens is 1. The van der Waals surface area contributed by atoms with Crippen molar-refractivity contribution >= 4 is 39.1 Å². The Morgan fingerprint density at radius 2 is 1.96 bits per heavy atom. The van der Waals surface area contributed by atoms with Gasteiger partial charge in [0.05, 0.1) is 12.0 Å². The van der Waals surface area contributed by atoms with E-state index in [-0.39, 0.29) is 12.3 Å². The number of hydrogen-bond acceptors (Lipinski definition) is 3. The SMILES string of the molecule is NC(=O)c1c(NC(=O)Cc2c[nH]c3ccccc23)sc2c1CCCCC2. The van der Waals surface area contributed by atoms with E-state index < -0.39 is 5.91 Å². The van der Waals surface area contributed by atoms with Gasteiger partial charge in [0.25, 0.3) is 5.91 Å². The normalized spacial score (nSPS) is 14.0. The van der Waals surface area contributed by atoms with E-state index in [1.165, 1.54) is 22.6 Å². The molecule has 0 bridgehead atoms. The van der Waals surface area contributed by atoms with E-state index in [2.05, 4.69) is 10.3 Å². The van der Waals surface area contributed by atoms with Crippen molar-refractivity contribution in [2.75, 3.05) is 5.32 Å². The molecule has 0 saturated carbocycles. The first kappa shape index (κ1) is 16.8. The van der Waals surface area contributed by atoms with Gasteiger partial charge in [-0.3, -0.25) is 9.59 Å².